The van der Waals surface area contributed by atoms with Crippen LogP contribution in [0.25, 0.3) is 11.1 Å². The van der Waals surface area contributed by atoms with E-state index in [2.05, 4.69) is 86.8 Å². The molecule has 0 atom stereocenters. The molecule has 0 aliphatic heterocycles. The van der Waals surface area contributed by atoms with Crippen molar-refractivity contribution in [1.29, 1.82) is 0 Å². The largest absolute Gasteiger partial charge is 0.106 e. The van der Waals surface area contributed by atoms with Gasteiger partial charge in [0.15, 0.2) is 0 Å². The highest BCUT2D eigenvalue weighted by Crippen LogP contribution is 2.38. The van der Waals surface area contributed by atoms with Crippen LogP contribution in [0.2, 0.25) is 0 Å². The van der Waals surface area contributed by atoms with Gasteiger partial charge in [0.1, 0.15) is 0 Å². The quantitative estimate of drug-likeness (QED) is 0.596. The van der Waals surface area contributed by atoms with Crippen LogP contribution in [0.4, 0.5) is 0 Å². The van der Waals surface area contributed by atoms with Crippen LogP contribution in [0.1, 0.15) is 23.6 Å². The highest BCUT2D eigenvalue weighted by Gasteiger charge is 2.17. The van der Waals surface area contributed by atoms with Gasteiger partial charge in [0.25, 0.3) is 0 Å². The zero-order chi connectivity index (χ0) is 13.7. The Morgan fingerprint density at radius 2 is 1.37 bits per heavy atom. The highest BCUT2D eigenvalue weighted by molar-refractivity contribution is 6.00. The fraction of sp³-hybridized carbons (Fsp3) is 0.0526. The van der Waals surface area contributed by atoms with E-state index in [9.17, 15) is 0 Å². The standard InChI is InChI=1S/C17H14.C2H4/c1-2-13-12-17(14-8-4-3-5-9-14)16-11-7-6-10-15(13)16;1-2/h2-12H,1H3;1-2H2/b13-2+;. The summed E-state index contributed by atoms with van der Waals surface area (Å²) < 4.78 is 0. The lowest BCUT2D eigenvalue weighted by Crippen LogP contribution is -1.85. The van der Waals surface area contributed by atoms with Crippen LogP contribution in [-0.2, 0) is 0 Å². The van der Waals surface area contributed by atoms with Gasteiger partial charge in [0.2, 0.25) is 0 Å². The third-order valence-corrected chi connectivity index (χ3v) is 3.22. The third-order valence-electron chi connectivity index (χ3n) is 3.22. The van der Waals surface area contributed by atoms with Crippen molar-refractivity contribution in [3.8, 4) is 0 Å². The Morgan fingerprint density at radius 1 is 0.789 bits per heavy atom. The first kappa shape index (κ1) is 13.1. The van der Waals surface area contributed by atoms with Crippen LogP contribution in [0.15, 0.2) is 79.9 Å². The van der Waals surface area contributed by atoms with Crippen molar-refractivity contribution in [2.45, 2.75) is 6.92 Å². The summed E-state index contributed by atoms with van der Waals surface area (Å²) in [6.45, 7) is 8.09. The number of fused-ring (bicyclic) bond motifs is 1. The Bertz CT molecular complexity index is 615. The summed E-state index contributed by atoms with van der Waals surface area (Å²) in [5.41, 5.74) is 6.62. The van der Waals surface area contributed by atoms with Gasteiger partial charge in [-0.05, 0) is 40.8 Å². The maximum absolute atomic E-state index is 3.00. The van der Waals surface area contributed by atoms with Gasteiger partial charge in [-0.25, -0.2) is 0 Å². The summed E-state index contributed by atoms with van der Waals surface area (Å²) in [6, 6.07) is 19.2. The summed E-state index contributed by atoms with van der Waals surface area (Å²) >= 11 is 0. The predicted molar refractivity (Wildman–Crippen MR) is 84.9 cm³/mol. The van der Waals surface area contributed by atoms with Crippen molar-refractivity contribution in [1.82, 2.24) is 0 Å². The first-order valence-electron chi connectivity index (χ1n) is 6.43. The number of hydrogen-bond acceptors (Lipinski definition) is 0. The highest BCUT2D eigenvalue weighted by atomic mass is 14.2. The van der Waals surface area contributed by atoms with Gasteiger partial charge in [-0.15, -0.1) is 13.2 Å². The SMILES string of the molecule is C/C=C1\C=C(c2ccccc2)c2ccccc21.C=C. The molecule has 0 aromatic heterocycles. The monoisotopic (exact) mass is 246 g/mol. The van der Waals surface area contributed by atoms with Gasteiger partial charge in [-0.1, -0.05) is 60.7 Å². The number of benzene rings is 2. The van der Waals surface area contributed by atoms with Crippen LogP contribution < -0.4 is 0 Å². The fourth-order valence-electron chi connectivity index (χ4n) is 2.38. The Labute approximate surface area is 115 Å². The first-order chi connectivity index (χ1) is 9.40. The molecule has 0 fully saturated rings. The van der Waals surface area contributed by atoms with Crippen molar-refractivity contribution in [3.05, 3.63) is 96.6 Å². The minimum atomic E-state index is 1.29. The molecule has 1 aliphatic rings. The van der Waals surface area contributed by atoms with E-state index in [0.29, 0.717) is 0 Å². The smallest absolute Gasteiger partial charge is 0.00991 e. The molecule has 0 spiro atoms. The Hall–Kier alpha value is -2.34. The minimum absolute atomic E-state index is 1.29. The van der Waals surface area contributed by atoms with Crippen LogP contribution in [-0.4, -0.2) is 0 Å². The molecular weight excluding hydrogens is 228 g/mol. The molecule has 0 amide bonds. The molecule has 0 radical (unpaired) electrons. The minimum Gasteiger partial charge on any atom is -0.106 e. The summed E-state index contributed by atoms with van der Waals surface area (Å²) in [5, 5.41) is 0. The van der Waals surface area contributed by atoms with E-state index in [1.54, 1.807) is 0 Å². The average Bonchev–Trinajstić information content (AvgIpc) is 2.89. The molecule has 2 aromatic carbocycles. The lowest BCUT2D eigenvalue weighted by molar-refractivity contribution is 1.55. The molecule has 2 aromatic rings. The third kappa shape index (κ3) is 2.43. The molecule has 19 heavy (non-hydrogen) atoms. The molecule has 0 heterocycles. The van der Waals surface area contributed by atoms with Crippen molar-refractivity contribution in [2.24, 2.45) is 0 Å². The molecule has 0 unspecified atom stereocenters. The van der Waals surface area contributed by atoms with Crippen molar-refractivity contribution in [3.63, 3.8) is 0 Å². The molecule has 0 heteroatoms. The summed E-state index contributed by atoms with van der Waals surface area (Å²) in [5.74, 6) is 0. The zero-order valence-corrected chi connectivity index (χ0v) is 11.3. The number of hydrogen-bond donors (Lipinski definition) is 0. The lowest BCUT2D eigenvalue weighted by Gasteiger charge is -2.05. The second-order valence-corrected chi connectivity index (χ2v) is 4.21. The van der Waals surface area contributed by atoms with E-state index < -0.39 is 0 Å². The molecule has 94 valence electrons. The number of allylic oxidation sites excluding steroid dienone is 3. The summed E-state index contributed by atoms with van der Waals surface area (Å²) in [7, 11) is 0. The van der Waals surface area contributed by atoms with Gasteiger partial charge in [-0.2, -0.15) is 0 Å². The van der Waals surface area contributed by atoms with Crippen molar-refractivity contribution >= 4 is 11.1 Å². The predicted octanol–water partition coefficient (Wildman–Crippen LogP) is 5.34. The molecule has 1 aliphatic carbocycles. The van der Waals surface area contributed by atoms with E-state index >= 15 is 0 Å². The molecule has 0 saturated carbocycles. The molecule has 0 saturated heterocycles. The maximum atomic E-state index is 3.00. The van der Waals surface area contributed by atoms with Gasteiger partial charge >= 0.3 is 0 Å². The normalized spacial score (nSPS) is 14.4. The van der Waals surface area contributed by atoms with Gasteiger partial charge in [0.05, 0.1) is 0 Å². The molecular formula is C19H18. The lowest BCUT2D eigenvalue weighted by atomic mass is 9.99. The van der Waals surface area contributed by atoms with E-state index in [1.807, 2.05) is 0 Å². The average molecular weight is 246 g/mol. The van der Waals surface area contributed by atoms with Crippen LogP contribution in [0, 0.1) is 0 Å². The van der Waals surface area contributed by atoms with E-state index in [0.717, 1.165) is 0 Å². The maximum Gasteiger partial charge on any atom is -0.00991 e. The molecule has 0 bridgehead atoms. The van der Waals surface area contributed by atoms with Crippen LogP contribution in [0.3, 0.4) is 0 Å². The van der Waals surface area contributed by atoms with E-state index in [4.69, 9.17) is 0 Å². The summed E-state index contributed by atoms with van der Waals surface area (Å²) in [4.78, 5) is 0. The second-order valence-electron chi connectivity index (χ2n) is 4.21. The van der Waals surface area contributed by atoms with Crippen molar-refractivity contribution < 1.29 is 0 Å². The topological polar surface area (TPSA) is 0 Å². The Balaban J connectivity index is 0.000000637. The van der Waals surface area contributed by atoms with Gasteiger partial charge in [0, 0.05) is 0 Å². The Morgan fingerprint density at radius 3 is 2.00 bits per heavy atom. The first-order valence-corrected chi connectivity index (χ1v) is 6.43. The summed E-state index contributed by atoms with van der Waals surface area (Å²) in [6.07, 6.45) is 4.45. The fourth-order valence-corrected chi connectivity index (χ4v) is 2.38. The van der Waals surface area contributed by atoms with Gasteiger partial charge in [-0.3, -0.25) is 0 Å². The van der Waals surface area contributed by atoms with E-state index in [-0.39, 0.29) is 0 Å². The van der Waals surface area contributed by atoms with Crippen LogP contribution in [0.5, 0.6) is 0 Å². The Kier molecular flexibility index (Phi) is 4.15. The molecule has 0 nitrogen and oxygen atoms in total. The van der Waals surface area contributed by atoms with E-state index in [1.165, 1.54) is 27.8 Å². The molecule has 3 rings (SSSR count). The second kappa shape index (κ2) is 6.01. The zero-order valence-electron chi connectivity index (χ0n) is 11.3. The number of rotatable bonds is 1. The van der Waals surface area contributed by atoms with Gasteiger partial charge < -0.3 is 0 Å². The molecule has 0 N–H and O–H groups in total. The van der Waals surface area contributed by atoms with Crippen LogP contribution >= 0.6 is 0 Å². The van der Waals surface area contributed by atoms with Crippen molar-refractivity contribution in [2.75, 3.05) is 0 Å².